The highest BCUT2D eigenvalue weighted by atomic mass is 16.3. The van der Waals surface area contributed by atoms with Crippen molar-refractivity contribution in [2.24, 2.45) is 0 Å². The van der Waals surface area contributed by atoms with Crippen LogP contribution in [0.5, 0.6) is 0 Å². The van der Waals surface area contributed by atoms with E-state index < -0.39 is 5.54 Å². The van der Waals surface area contributed by atoms with Crippen LogP contribution in [0.1, 0.15) is 43.0 Å². The maximum absolute atomic E-state index is 12.3. The van der Waals surface area contributed by atoms with Gasteiger partial charge in [-0.2, -0.15) is 5.26 Å². The number of nitrogens with one attached hydrogen (secondary N) is 1. The molecule has 1 heterocycles. The number of amides is 1. The van der Waals surface area contributed by atoms with Crippen LogP contribution in [0.2, 0.25) is 0 Å². The Labute approximate surface area is 141 Å². The van der Waals surface area contributed by atoms with Crippen molar-refractivity contribution >= 4 is 5.91 Å². The summed E-state index contributed by atoms with van der Waals surface area (Å²) < 4.78 is 5.54. The highest BCUT2D eigenvalue weighted by Crippen LogP contribution is 2.28. The fourth-order valence-electron chi connectivity index (χ4n) is 3.33. The maximum Gasteiger partial charge on any atom is 0.276 e. The summed E-state index contributed by atoms with van der Waals surface area (Å²) in [6.07, 6.45) is 5.13. The molecule has 24 heavy (non-hydrogen) atoms. The number of nitriles is 1. The van der Waals surface area contributed by atoms with Gasteiger partial charge in [0.25, 0.3) is 5.91 Å². The van der Waals surface area contributed by atoms with Crippen LogP contribution in [0.4, 0.5) is 0 Å². The fourth-order valence-corrected chi connectivity index (χ4v) is 3.33. The van der Waals surface area contributed by atoms with Crippen LogP contribution in [0, 0.1) is 11.3 Å². The summed E-state index contributed by atoms with van der Waals surface area (Å²) >= 11 is 0. The van der Waals surface area contributed by atoms with E-state index in [-0.39, 0.29) is 18.5 Å². The van der Waals surface area contributed by atoms with E-state index in [9.17, 15) is 10.1 Å². The molecular formula is C19H22N3O2+. The van der Waals surface area contributed by atoms with Crippen LogP contribution in [-0.4, -0.2) is 18.0 Å². The highest BCUT2D eigenvalue weighted by Gasteiger charge is 2.36. The van der Waals surface area contributed by atoms with Gasteiger partial charge in [0.1, 0.15) is 5.54 Å². The molecule has 1 atom stereocenters. The van der Waals surface area contributed by atoms with E-state index in [0.717, 1.165) is 37.0 Å². The van der Waals surface area contributed by atoms with Gasteiger partial charge in [-0.3, -0.25) is 4.79 Å². The second-order valence-corrected chi connectivity index (χ2v) is 6.29. The first-order valence-corrected chi connectivity index (χ1v) is 8.36. The van der Waals surface area contributed by atoms with Gasteiger partial charge in [-0.25, -0.2) is 0 Å². The number of nitrogens with two attached hydrogens (primary N) is 1. The molecule has 3 N–H and O–H groups in total. The molecule has 5 heteroatoms. The van der Waals surface area contributed by atoms with Gasteiger partial charge in [-0.15, -0.1) is 0 Å². The zero-order valence-corrected chi connectivity index (χ0v) is 13.6. The topological polar surface area (TPSA) is 82.6 Å². The van der Waals surface area contributed by atoms with Crippen LogP contribution in [0.25, 0.3) is 0 Å². The quantitative estimate of drug-likeness (QED) is 0.851. The molecule has 0 saturated heterocycles. The summed E-state index contributed by atoms with van der Waals surface area (Å²) in [5, 5.41) is 14.3. The van der Waals surface area contributed by atoms with E-state index >= 15 is 0 Å². The predicted molar refractivity (Wildman–Crippen MR) is 88.7 cm³/mol. The number of nitrogens with zero attached hydrogens (tertiary/aromatic N) is 1. The van der Waals surface area contributed by atoms with Crippen LogP contribution >= 0.6 is 0 Å². The molecule has 0 spiro atoms. The summed E-state index contributed by atoms with van der Waals surface area (Å²) in [6, 6.07) is 15.9. The van der Waals surface area contributed by atoms with Gasteiger partial charge in [0, 0.05) is 5.56 Å². The Morgan fingerprint density at radius 3 is 2.62 bits per heavy atom. The Kier molecular flexibility index (Phi) is 4.97. The van der Waals surface area contributed by atoms with E-state index in [4.69, 9.17) is 4.42 Å². The van der Waals surface area contributed by atoms with Gasteiger partial charge in [0.15, 0.2) is 18.3 Å². The van der Waals surface area contributed by atoms with Crippen molar-refractivity contribution in [1.29, 1.82) is 5.26 Å². The lowest BCUT2D eigenvalue weighted by molar-refractivity contribution is -0.678. The lowest BCUT2D eigenvalue weighted by Crippen LogP contribution is -2.88. The number of rotatable bonds is 6. The Bertz CT molecular complexity index is 698. The van der Waals surface area contributed by atoms with E-state index in [1.165, 1.54) is 0 Å². The van der Waals surface area contributed by atoms with E-state index in [1.54, 1.807) is 6.26 Å². The Morgan fingerprint density at radius 2 is 2.00 bits per heavy atom. The molecule has 1 fully saturated rings. The molecule has 1 aromatic heterocycles. The van der Waals surface area contributed by atoms with Gasteiger partial charge in [0.05, 0.1) is 12.3 Å². The number of hydrogen-bond acceptors (Lipinski definition) is 3. The summed E-state index contributed by atoms with van der Waals surface area (Å²) in [5.41, 5.74) is 0.411. The Morgan fingerprint density at radius 1 is 1.25 bits per heavy atom. The summed E-state index contributed by atoms with van der Waals surface area (Å²) in [5.74, 6) is 0.704. The third-order valence-corrected chi connectivity index (χ3v) is 4.60. The van der Waals surface area contributed by atoms with Gasteiger partial charge >= 0.3 is 0 Å². The highest BCUT2D eigenvalue weighted by molar-refractivity contribution is 5.78. The Balaban J connectivity index is 1.66. The summed E-state index contributed by atoms with van der Waals surface area (Å²) in [7, 11) is 0. The van der Waals surface area contributed by atoms with Crippen LogP contribution in [0.3, 0.4) is 0 Å². The fraction of sp³-hybridized carbons (Fsp3) is 0.368. The van der Waals surface area contributed by atoms with Crippen LogP contribution in [0.15, 0.2) is 53.1 Å². The lowest BCUT2D eigenvalue weighted by atomic mass is 10.00. The van der Waals surface area contributed by atoms with Crippen molar-refractivity contribution in [3.8, 4) is 6.07 Å². The molecule has 1 aliphatic carbocycles. The molecule has 0 bridgehead atoms. The third-order valence-electron chi connectivity index (χ3n) is 4.60. The molecule has 0 aliphatic heterocycles. The molecule has 2 aromatic rings. The molecule has 0 unspecified atom stereocenters. The number of benzene rings is 1. The first kappa shape index (κ1) is 16.3. The van der Waals surface area contributed by atoms with Gasteiger partial charge in [-0.1, -0.05) is 30.3 Å². The molecule has 1 aromatic carbocycles. The molecule has 1 saturated carbocycles. The number of carbonyl (C=O) groups excluding carboxylic acids is 1. The molecule has 5 nitrogen and oxygen atoms in total. The predicted octanol–water partition coefficient (Wildman–Crippen LogP) is 1.88. The smallest absolute Gasteiger partial charge is 0.276 e. The maximum atomic E-state index is 12.3. The Hall–Kier alpha value is -2.58. The summed E-state index contributed by atoms with van der Waals surface area (Å²) in [6.45, 7) is 0.254. The van der Waals surface area contributed by atoms with Crippen LogP contribution in [-0.2, 0) is 4.79 Å². The first-order valence-electron chi connectivity index (χ1n) is 8.36. The minimum absolute atomic E-state index is 0.0754. The van der Waals surface area contributed by atoms with Gasteiger partial charge < -0.3 is 15.1 Å². The minimum Gasteiger partial charge on any atom is -0.463 e. The van der Waals surface area contributed by atoms with Crippen molar-refractivity contribution in [1.82, 2.24) is 5.32 Å². The van der Waals surface area contributed by atoms with Crippen molar-refractivity contribution in [3.05, 3.63) is 60.1 Å². The normalized spacial score (nSPS) is 17.1. The van der Waals surface area contributed by atoms with Crippen molar-refractivity contribution in [2.75, 3.05) is 6.54 Å². The van der Waals surface area contributed by atoms with E-state index in [2.05, 4.69) is 11.4 Å². The number of carbonyl (C=O) groups is 1. The van der Waals surface area contributed by atoms with Crippen molar-refractivity contribution in [3.63, 3.8) is 0 Å². The second-order valence-electron chi connectivity index (χ2n) is 6.29. The zero-order valence-electron chi connectivity index (χ0n) is 13.6. The number of furan rings is 1. The van der Waals surface area contributed by atoms with Crippen molar-refractivity contribution in [2.45, 2.75) is 37.3 Å². The lowest BCUT2D eigenvalue weighted by Gasteiger charge is -2.22. The van der Waals surface area contributed by atoms with Crippen molar-refractivity contribution < 1.29 is 14.5 Å². The average Bonchev–Trinajstić information content (AvgIpc) is 3.29. The van der Waals surface area contributed by atoms with Gasteiger partial charge in [-0.05, 0) is 37.8 Å². The van der Waals surface area contributed by atoms with E-state index in [1.807, 2.05) is 47.8 Å². The average molecular weight is 324 g/mol. The summed E-state index contributed by atoms with van der Waals surface area (Å²) in [4.78, 5) is 12.3. The molecule has 0 radical (unpaired) electrons. The molecule has 3 rings (SSSR count). The molecule has 1 amide bonds. The second kappa shape index (κ2) is 7.33. The molecular weight excluding hydrogens is 302 g/mol. The standard InChI is InChI=1S/C19H21N3O2/c20-14-19(10-4-5-11-19)22-17(23)13-21-18(16-9-6-12-24-16)15-7-2-1-3-8-15/h1-3,6-9,12,18,21H,4-5,10-11,13H2,(H,22,23)/p+1/t18-/m1/s1. The largest absolute Gasteiger partial charge is 0.463 e. The first-order chi connectivity index (χ1) is 11.7. The number of quaternary nitrogens is 1. The number of hydrogen-bond donors (Lipinski definition) is 2. The van der Waals surface area contributed by atoms with E-state index in [0.29, 0.717) is 0 Å². The zero-order chi connectivity index (χ0) is 16.8. The minimum atomic E-state index is -0.669. The third kappa shape index (κ3) is 3.66. The SMILES string of the molecule is N#CC1(NC(=O)C[NH2+][C@H](c2ccccc2)c2ccco2)CCCC1. The van der Waals surface area contributed by atoms with Crippen LogP contribution < -0.4 is 10.6 Å². The molecule has 124 valence electrons. The van der Waals surface area contributed by atoms with Gasteiger partial charge in [0.2, 0.25) is 0 Å². The monoisotopic (exact) mass is 324 g/mol. The molecule has 1 aliphatic rings.